The zero-order valence-corrected chi connectivity index (χ0v) is 11.5. The van der Waals surface area contributed by atoms with Crippen molar-refractivity contribution < 1.29 is 0 Å². The number of hydrogen-bond donors (Lipinski definition) is 0. The van der Waals surface area contributed by atoms with Crippen LogP contribution in [0, 0.1) is 3.70 Å². The van der Waals surface area contributed by atoms with E-state index in [9.17, 15) is 0 Å². The summed E-state index contributed by atoms with van der Waals surface area (Å²) in [6.45, 7) is 0. The van der Waals surface area contributed by atoms with Crippen LogP contribution < -0.4 is 0 Å². The van der Waals surface area contributed by atoms with Crippen molar-refractivity contribution in [2.45, 2.75) is 11.3 Å². The number of aryl methyl sites for hydroxylation is 1. The Morgan fingerprint density at radius 3 is 3.00 bits per heavy atom. The van der Waals surface area contributed by atoms with Crippen molar-refractivity contribution in [2.24, 2.45) is 0 Å². The molecule has 1 aliphatic heterocycles. The van der Waals surface area contributed by atoms with E-state index in [1.165, 1.54) is 16.0 Å². The zero-order valence-electron chi connectivity index (χ0n) is 8.48. The minimum absolute atomic E-state index is 0.973. The highest BCUT2D eigenvalue weighted by Gasteiger charge is 2.16. The van der Waals surface area contributed by atoms with Gasteiger partial charge >= 0.3 is 0 Å². The molecule has 1 aliphatic rings. The third-order valence-corrected chi connectivity index (χ3v) is 4.22. The molecule has 0 saturated carbocycles. The smallest absolute Gasteiger partial charge is 0.124 e. The van der Waals surface area contributed by atoms with Crippen molar-refractivity contribution in [1.29, 1.82) is 0 Å². The predicted molar refractivity (Wildman–Crippen MR) is 74.6 cm³/mol. The SMILES string of the molecule is Ic1cc2c(nn1)-c1ccccc1SCC2. The van der Waals surface area contributed by atoms with Crippen LogP contribution in [0.15, 0.2) is 35.2 Å². The lowest BCUT2D eigenvalue weighted by atomic mass is 10.1. The highest BCUT2D eigenvalue weighted by Crippen LogP contribution is 2.35. The maximum absolute atomic E-state index is 4.35. The van der Waals surface area contributed by atoms with Crippen LogP contribution in [-0.4, -0.2) is 16.0 Å². The van der Waals surface area contributed by atoms with Crippen molar-refractivity contribution >= 4 is 34.4 Å². The molecule has 0 N–H and O–H groups in total. The van der Waals surface area contributed by atoms with Gasteiger partial charge in [-0.3, -0.25) is 0 Å². The van der Waals surface area contributed by atoms with Crippen molar-refractivity contribution in [3.8, 4) is 11.3 Å². The number of nitrogens with zero attached hydrogens (tertiary/aromatic N) is 2. The van der Waals surface area contributed by atoms with Gasteiger partial charge in [-0.1, -0.05) is 18.2 Å². The van der Waals surface area contributed by atoms with E-state index in [2.05, 4.69) is 63.1 Å². The number of hydrogen-bond acceptors (Lipinski definition) is 3. The molecule has 2 aromatic rings. The van der Waals surface area contributed by atoms with Crippen LogP contribution in [0.3, 0.4) is 0 Å². The molecule has 16 heavy (non-hydrogen) atoms. The molecule has 0 fully saturated rings. The molecule has 0 radical (unpaired) electrons. The van der Waals surface area contributed by atoms with E-state index in [0.29, 0.717) is 0 Å². The summed E-state index contributed by atoms with van der Waals surface area (Å²) in [6, 6.07) is 10.6. The highest BCUT2D eigenvalue weighted by atomic mass is 127. The molecule has 0 spiro atoms. The second-order valence-electron chi connectivity index (χ2n) is 3.64. The van der Waals surface area contributed by atoms with Crippen LogP contribution >= 0.6 is 34.4 Å². The second kappa shape index (κ2) is 4.33. The van der Waals surface area contributed by atoms with E-state index < -0.39 is 0 Å². The maximum Gasteiger partial charge on any atom is 0.124 e. The summed E-state index contributed by atoms with van der Waals surface area (Å²) in [5, 5.41) is 8.51. The van der Waals surface area contributed by atoms with E-state index in [1.54, 1.807) is 0 Å². The molecule has 0 aliphatic carbocycles. The Labute approximate surface area is 112 Å². The van der Waals surface area contributed by atoms with Gasteiger partial charge in [-0.2, -0.15) is 0 Å². The number of fused-ring (bicyclic) bond motifs is 3. The molecule has 2 heterocycles. The third-order valence-electron chi connectivity index (χ3n) is 2.61. The summed E-state index contributed by atoms with van der Waals surface area (Å²) in [6.07, 6.45) is 1.07. The predicted octanol–water partition coefficient (Wildman–Crippen LogP) is 3.40. The van der Waals surface area contributed by atoms with Gasteiger partial charge in [0.15, 0.2) is 0 Å². The van der Waals surface area contributed by atoms with Crippen molar-refractivity contribution in [2.75, 3.05) is 5.75 Å². The average Bonchev–Trinajstić information content (AvgIpc) is 2.47. The minimum atomic E-state index is 0.973. The van der Waals surface area contributed by atoms with Crippen molar-refractivity contribution in [3.63, 3.8) is 0 Å². The first-order valence-electron chi connectivity index (χ1n) is 5.09. The van der Waals surface area contributed by atoms with Crippen molar-refractivity contribution in [3.05, 3.63) is 39.6 Å². The Hall–Kier alpha value is -0.620. The summed E-state index contributed by atoms with van der Waals surface area (Å²) < 4.78 is 0.973. The standard InChI is InChI=1S/C12H9IN2S/c13-11-7-8-5-6-16-10-4-2-1-3-9(10)12(8)15-14-11/h1-4,7H,5-6H2. The first kappa shape index (κ1) is 10.5. The Kier molecular flexibility index (Phi) is 2.85. The quantitative estimate of drug-likeness (QED) is 0.688. The Morgan fingerprint density at radius 2 is 2.06 bits per heavy atom. The molecular weight excluding hydrogens is 331 g/mol. The van der Waals surface area contributed by atoms with Crippen LogP contribution in [0.25, 0.3) is 11.3 Å². The van der Waals surface area contributed by atoms with Gasteiger partial charge in [0, 0.05) is 16.2 Å². The molecule has 3 rings (SSSR count). The average molecular weight is 340 g/mol. The fraction of sp³-hybridized carbons (Fsp3) is 0.167. The summed E-state index contributed by atoms with van der Waals surface area (Å²) in [5.41, 5.74) is 3.60. The van der Waals surface area contributed by atoms with Crippen molar-refractivity contribution in [1.82, 2.24) is 10.2 Å². The van der Waals surface area contributed by atoms with Crippen LogP contribution in [0.2, 0.25) is 0 Å². The van der Waals surface area contributed by atoms with Gasteiger partial charge in [0.2, 0.25) is 0 Å². The van der Waals surface area contributed by atoms with Gasteiger partial charge in [0.1, 0.15) is 3.70 Å². The Balaban J connectivity index is 2.25. The monoisotopic (exact) mass is 340 g/mol. The summed E-state index contributed by atoms with van der Waals surface area (Å²) in [4.78, 5) is 1.32. The first-order chi connectivity index (χ1) is 7.84. The normalized spacial score (nSPS) is 13.8. The number of aromatic nitrogens is 2. The molecule has 0 atom stereocenters. The fourth-order valence-corrected chi connectivity index (χ4v) is 3.40. The number of benzene rings is 1. The van der Waals surface area contributed by atoms with Gasteiger partial charge in [-0.25, -0.2) is 0 Å². The highest BCUT2D eigenvalue weighted by molar-refractivity contribution is 14.1. The first-order valence-corrected chi connectivity index (χ1v) is 7.15. The third kappa shape index (κ3) is 1.84. The molecule has 1 aromatic carbocycles. The van der Waals surface area contributed by atoms with Gasteiger partial charge in [0.05, 0.1) is 5.69 Å². The lowest BCUT2D eigenvalue weighted by Crippen LogP contribution is -1.97. The summed E-state index contributed by atoms with van der Waals surface area (Å²) >= 11 is 4.12. The molecule has 0 saturated heterocycles. The summed E-state index contributed by atoms with van der Waals surface area (Å²) in [7, 11) is 0. The van der Waals surface area contributed by atoms with E-state index in [0.717, 1.165) is 21.6 Å². The molecule has 0 amide bonds. The zero-order chi connectivity index (χ0) is 11.0. The largest absolute Gasteiger partial charge is 0.149 e. The fourth-order valence-electron chi connectivity index (χ4n) is 1.88. The van der Waals surface area contributed by atoms with E-state index >= 15 is 0 Å². The topological polar surface area (TPSA) is 25.8 Å². The van der Waals surface area contributed by atoms with Gasteiger partial charge in [-0.05, 0) is 46.7 Å². The number of halogens is 1. The van der Waals surface area contributed by atoms with E-state index in [-0.39, 0.29) is 0 Å². The Morgan fingerprint density at radius 1 is 1.19 bits per heavy atom. The van der Waals surface area contributed by atoms with Gasteiger partial charge in [0.25, 0.3) is 0 Å². The van der Waals surface area contributed by atoms with E-state index in [4.69, 9.17) is 0 Å². The minimum Gasteiger partial charge on any atom is -0.149 e. The Bertz CT molecular complexity index is 542. The van der Waals surface area contributed by atoms with Crippen LogP contribution in [-0.2, 0) is 6.42 Å². The van der Waals surface area contributed by atoms with E-state index in [1.807, 2.05) is 11.8 Å². The molecule has 80 valence electrons. The summed E-state index contributed by atoms with van der Waals surface area (Å²) in [5.74, 6) is 1.12. The molecule has 0 unspecified atom stereocenters. The molecule has 0 bridgehead atoms. The van der Waals surface area contributed by atoms with Gasteiger partial charge in [-0.15, -0.1) is 22.0 Å². The van der Waals surface area contributed by atoms with Crippen LogP contribution in [0.1, 0.15) is 5.56 Å². The second-order valence-corrected chi connectivity index (χ2v) is 5.88. The lowest BCUT2D eigenvalue weighted by molar-refractivity contribution is 0.972. The number of rotatable bonds is 0. The molecule has 2 nitrogen and oxygen atoms in total. The number of thioether (sulfide) groups is 1. The van der Waals surface area contributed by atoms with Crippen LogP contribution in [0.4, 0.5) is 0 Å². The lowest BCUT2D eigenvalue weighted by Gasteiger charge is -2.06. The molecule has 1 aromatic heterocycles. The molecule has 4 heteroatoms. The van der Waals surface area contributed by atoms with Crippen LogP contribution in [0.5, 0.6) is 0 Å². The van der Waals surface area contributed by atoms with Gasteiger partial charge < -0.3 is 0 Å². The molecular formula is C12H9IN2S. The maximum atomic E-state index is 4.35.